The highest BCUT2D eigenvalue weighted by molar-refractivity contribution is 6.28. The summed E-state index contributed by atoms with van der Waals surface area (Å²) in [5.41, 5.74) is 12.0. The van der Waals surface area contributed by atoms with E-state index >= 15 is 0 Å². The molecule has 89 heavy (non-hydrogen) atoms. The van der Waals surface area contributed by atoms with Gasteiger partial charge in [-0.2, -0.15) is 19.9 Å². The van der Waals surface area contributed by atoms with Crippen LogP contribution in [-0.2, 0) is 0 Å². The van der Waals surface area contributed by atoms with Gasteiger partial charge in [0.05, 0.1) is 34.5 Å². The molecule has 18 rings (SSSR count). The number of aromatic amines is 1. The molecule has 0 spiro atoms. The van der Waals surface area contributed by atoms with Crippen LogP contribution in [0.25, 0.3) is 150 Å². The monoisotopic (exact) mass is 1160 g/mol. The standard InChI is InChI=1S/C38H24N6.C23H15N3.C15H10ClN3/c1-4-13-26(14-5-1)35-40-36(27-15-6-2-7-16-27)42-38(41-35)44-34-29-19-11-10-12-25(29)20-21-31(34)33-30-22-23-43(28-17-8-3-9-18-28)32(30)24-39-37(33)44;1-2-7-16(8-3-1)26-13-12-18-20(26)14-24-23-21(18)19-11-10-15-6-4-5-9-17(15)22(19)25-23;16-15-18-13(11-7-3-1-4-8-11)17-14(19-15)12-9-5-2-6-10-12/h1-24H;1-14H,(H,24,25);1-10H. The predicted molar refractivity (Wildman–Crippen MR) is 361 cm³/mol. The lowest BCUT2D eigenvalue weighted by Gasteiger charge is -2.11. The zero-order valence-electron chi connectivity index (χ0n) is 47.5. The fraction of sp³-hybridized carbons (Fsp3) is 0. The maximum absolute atomic E-state index is 5.99. The van der Waals surface area contributed by atoms with Gasteiger partial charge < -0.3 is 14.1 Å². The van der Waals surface area contributed by atoms with Crippen molar-refractivity contribution in [1.29, 1.82) is 0 Å². The molecule has 0 saturated heterocycles. The van der Waals surface area contributed by atoms with Crippen molar-refractivity contribution in [3.63, 3.8) is 0 Å². The van der Waals surface area contributed by atoms with Crippen LogP contribution in [0.15, 0.2) is 292 Å². The van der Waals surface area contributed by atoms with E-state index in [0.29, 0.717) is 29.2 Å². The molecular formula is C76H49ClN12. The predicted octanol–water partition coefficient (Wildman–Crippen LogP) is 18.5. The van der Waals surface area contributed by atoms with Gasteiger partial charge in [-0.1, -0.05) is 231 Å². The summed E-state index contributed by atoms with van der Waals surface area (Å²) in [6.45, 7) is 0. The number of nitrogens with zero attached hydrogens (tertiary/aromatic N) is 11. The second kappa shape index (κ2) is 22.5. The average molecular weight is 1170 g/mol. The second-order valence-corrected chi connectivity index (χ2v) is 21.8. The SMILES string of the molecule is Clc1nc(-c2ccccc2)nc(-c2ccccc2)n1.c1ccc(-c2nc(-c3ccccc3)nc(-n3c4ncc5c(ccn5-c5ccccc5)c4c4ccc5ccccc5c43)n2)cc1.c1ccc(-n2ccc3c4c(ncc32)[nH]c2c3ccccc3ccc24)cc1. The molecule has 0 unspecified atom stereocenters. The Kier molecular flexibility index (Phi) is 13.3. The zero-order valence-corrected chi connectivity index (χ0v) is 48.3. The Morgan fingerprint density at radius 2 is 0.742 bits per heavy atom. The van der Waals surface area contributed by atoms with Crippen molar-refractivity contribution in [3.8, 4) is 62.9 Å². The van der Waals surface area contributed by atoms with Gasteiger partial charge >= 0.3 is 0 Å². The lowest BCUT2D eigenvalue weighted by Crippen LogP contribution is -2.07. The second-order valence-electron chi connectivity index (χ2n) is 21.4. The Balaban J connectivity index is 0.000000119. The molecule has 0 aliphatic carbocycles. The molecular weight excluding hydrogens is 1120 g/mol. The third kappa shape index (κ3) is 9.62. The molecule has 0 saturated carbocycles. The number of para-hydroxylation sites is 2. The van der Waals surface area contributed by atoms with Gasteiger partial charge in [-0.05, 0) is 58.8 Å². The molecule has 12 nitrogen and oxygen atoms in total. The van der Waals surface area contributed by atoms with Crippen LogP contribution in [0.3, 0.4) is 0 Å². The smallest absolute Gasteiger partial charge is 0.240 e. The van der Waals surface area contributed by atoms with E-state index in [-0.39, 0.29) is 5.28 Å². The van der Waals surface area contributed by atoms with Crippen LogP contribution in [0, 0.1) is 0 Å². The van der Waals surface area contributed by atoms with Crippen molar-refractivity contribution in [2.24, 2.45) is 0 Å². The maximum Gasteiger partial charge on any atom is 0.240 e. The first-order valence-electron chi connectivity index (χ1n) is 29.2. The van der Waals surface area contributed by atoms with Crippen molar-refractivity contribution in [1.82, 2.24) is 58.6 Å². The number of aromatic nitrogens is 12. The number of nitrogens with one attached hydrogen (secondary N) is 1. The van der Waals surface area contributed by atoms with Crippen molar-refractivity contribution < 1.29 is 0 Å². The van der Waals surface area contributed by atoms with Gasteiger partial charge in [-0.25, -0.2) is 19.9 Å². The average Bonchev–Trinajstić information content (AvgIpc) is 1.62. The van der Waals surface area contributed by atoms with E-state index in [1.807, 2.05) is 146 Å². The number of pyridine rings is 2. The van der Waals surface area contributed by atoms with Crippen LogP contribution in [0.5, 0.6) is 0 Å². The van der Waals surface area contributed by atoms with Crippen LogP contribution in [0.4, 0.5) is 0 Å². The number of H-pyrrole nitrogens is 1. The van der Waals surface area contributed by atoms with Crippen LogP contribution in [-0.4, -0.2) is 58.6 Å². The first kappa shape index (κ1) is 52.6. The molecule has 0 radical (unpaired) electrons. The molecule has 1 N–H and O–H groups in total. The summed E-state index contributed by atoms with van der Waals surface area (Å²) in [5.74, 6) is 2.92. The molecule has 0 aliphatic heterocycles. The highest BCUT2D eigenvalue weighted by atomic mass is 35.5. The largest absolute Gasteiger partial charge is 0.339 e. The third-order valence-electron chi connectivity index (χ3n) is 16.2. The third-order valence-corrected chi connectivity index (χ3v) is 16.3. The van der Waals surface area contributed by atoms with Gasteiger partial charge in [0.15, 0.2) is 23.3 Å². The summed E-state index contributed by atoms with van der Waals surface area (Å²) in [4.78, 5) is 41.4. The van der Waals surface area contributed by atoms with Crippen molar-refractivity contribution >= 4 is 98.8 Å². The number of rotatable bonds is 7. The lowest BCUT2D eigenvalue weighted by atomic mass is 10.1. The molecule has 0 fully saturated rings. The number of hydrogen-bond donors (Lipinski definition) is 1. The summed E-state index contributed by atoms with van der Waals surface area (Å²) < 4.78 is 6.50. The fourth-order valence-corrected chi connectivity index (χ4v) is 12.2. The quantitative estimate of drug-likeness (QED) is 0.167. The summed E-state index contributed by atoms with van der Waals surface area (Å²) in [6.07, 6.45) is 8.16. The fourth-order valence-electron chi connectivity index (χ4n) is 12.0. The molecule has 0 bridgehead atoms. The minimum atomic E-state index is 0.202. The first-order valence-corrected chi connectivity index (χ1v) is 29.6. The molecule has 8 aromatic heterocycles. The lowest BCUT2D eigenvalue weighted by molar-refractivity contribution is 0.946. The van der Waals surface area contributed by atoms with Gasteiger partial charge in [-0.15, -0.1) is 0 Å². The van der Waals surface area contributed by atoms with Gasteiger partial charge in [0.25, 0.3) is 0 Å². The van der Waals surface area contributed by atoms with E-state index in [9.17, 15) is 0 Å². The summed E-state index contributed by atoms with van der Waals surface area (Å²) >= 11 is 5.99. The highest BCUT2D eigenvalue weighted by Gasteiger charge is 2.23. The minimum Gasteiger partial charge on any atom is -0.339 e. The van der Waals surface area contributed by atoms with Crippen LogP contribution in [0.1, 0.15) is 0 Å². The number of halogens is 1. The number of benzene rings is 10. The summed E-state index contributed by atoms with van der Waals surface area (Å²) in [7, 11) is 0. The molecule has 0 amide bonds. The molecule has 13 heteroatoms. The Bertz CT molecular complexity index is 5500. The minimum absolute atomic E-state index is 0.202. The van der Waals surface area contributed by atoms with Crippen LogP contribution in [0.2, 0.25) is 5.28 Å². The van der Waals surface area contributed by atoms with Crippen molar-refractivity contribution in [2.75, 3.05) is 0 Å². The van der Waals surface area contributed by atoms with E-state index < -0.39 is 0 Å². The summed E-state index contributed by atoms with van der Waals surface area (Å²) in [5, 5.41) is 11.9. The van der Waals surface area contributed by atoms with E-state index in [4.69, 9.17) is 36.5 Å². The van der Waals surface area contributed by atoms with Gasteiger partial charge in [-0.3, -0.25) is 4.57 Å². The highest BCUT2D eigenvalue weighted by Crippen LogP contribution is 2.41. The Hall–Kier alpha value is -12.0. The van der Waals surface area contributed by atoms with Crippen molar-refractivity contribution in [2.45, 2.75) is 0 Å². The molecule has 10 aromatic carbocycles. The van der Waals surface area contributed by atoms with E-state index in [0.717, 1.165) is 93.9 Å². The van der Waals surface area contributed by atoms with E-state index in [1.54, 1.807) is 0 Å². The molecule has 8 heterocycles. The molecule has 0 atom stereocenters. The zero-order chi connectivity index (χ0) is 59.2. The maximum atomic E-state index is 5.99. The van der Waals surface area contributed by atoms with E-state index in [2.05, 4.69) is 179 Å². The summed E-state index contributed by atoms with van der Waals surface area (Å²) in [6, 6.07) is 90.4. The van der Waals surface area contributed by atoms with Crippen LogP contribution >= 0.6 is 11.6 Å². The van der Waals surface area contributed by atoms with Crippen LogP contribution < -0.4 is 0 Å². The number of hydrogen-bond acceptors (Lipinski definition) is 8. The Morgan fingerprint density at radius 1 is 0.326 bits per heavy atom. The first-order chi connectivity index (χ1) is 44.1. The molecule has 0 aliphatic rings. The van der Waals surface area contributed by atoms with Crippen molar-refractivity contribution in [3.05, 3.63) is 297 Å². The Labute approximate surface area is 514 Å². The van der Waals surface area contributed by atoms with E-state index in [1.165, 1.54) is 26.9 Å². The van der Waals surface area contributed by atoms with Gasteiger partial charge in [0.2, 0.25) is 11.2 Å². The van der Waals surface area contributed by atoms with Gasteiger partial charge in [0, 0.05) is 89.1 Å². The Morgan fingerprint density at radius 3 is 1.26 bits per heavy atom. The number of fused-ring (bicyclic) bond motifs is 14. The normalized spacial score (nSPS) is 11.4. The van der Waals surface area contributed by atoms with Gasteiger partial charge in [0.1, 0.15) is 11.3 Å². The molecule has 18 aromatic rings. The topological polar surface area (TPSA) is 134 Å². The molecule has 420 valence electrons.